The number of thiocarbonyl (C=S) groups is 1. The Morgan fingerprint density at radius 1 is 1.57 bits per heavy atom. The van der Waals surface area contributed by atoms with E-state index < -0.39 is 0 Å². The van der Waals surface area contributed by atoms with Crippen molar-refractivity contribution in [3.05, 3.63) is 0 Å². The van der Waals surface area contributed by atoms with E-state index in [1.54, 1.807) is 0 Å². The van der Waals surface area contributed by atoms with Gasteiger partial charge in [0.2, 0.25) is 0 Å². The molecule has 3 nitrogen and oxygen atoms in total. The lowest BCUT2D eigenvalue weighted by atomic mass is 10.0. The first-order valence-corrected chi connectivity index (χ1v) is 5.79. The van der Waals surface area contributed by atoms with Gasteiger partial charge in [-0.3, -0.25) is 0 Å². The number of hydrogen-bond acceptors (Lipinski definition) is 2. The van der Waals surface area contributed by atoms with Gasteiger partial charge in [0.25, 0.3) is 0 Å². The fourth-order valence-electron chi connectivity index (χ4n) is 1.60. The summed E-state index contributed by atoms with van der Waals surface area (Å²) in [4.78, 5) is 0. The molecule has 2 atom stereocenters. The molecule has 1 aliphatic heterocycles. The Balaban J connectivity index is 2.18. The Bertz CT molecular complexity index is 187. The lowest BCUT2D eigenvalue weighted by Gasteiger charge is -2.28. The fraction of sp³-hybridized carbons (Fsp3) is 0.900. The quantitative estimate of drug-likeness (QED) is 0.699. The standard InChI is InChI=1S/C10H20N2OS/c1-3-5-11-10(14)12-9-4-6-13-8(2)7-9/h8-9H,3-7H2,1-2H3,(H2,11,12,14). The molecule has 0 amide bonds. The molecule has 4 heteroatoms. The van der Waals surface area contributed by atoms with Crippen LogP contribution in [0.1, 0.15) is 33.1 Å². The van der Waals surface area contributed by atoms with Crippen LogP contribution in [0.15, 0.2) is 0 Å². The first-order chi connectivity index (χ1) is 6.72. The minimum absolute atomic E-state index is 0.357. The largest absolute Gasteiger partial charge is 0.378 e. The van der Waals surface area contributed by atoms with Gasteiger partial charge in [0, 0.05) is 19.2 Å². The predicted octanol–water partition coefficient (Wildman–Crippen LogP) is 1.43. The highest BCUT2D eigenvalue weighted by molar-refractivity contribution is 7.80. The maximum absolute atomic E-state index is 5.47. The summed E-state index contributed by atoms with van der Waals surface area (Å²) >= 11 is 5.18. The van der Waals surface area contributed by atoms with Crippen LogP contribution in [-0.2, 0) is 4.74 Å². The van der Waals surface area contributed by atoms with Crippen molar-refractivity contribution in [3.8, 4) is 0 Å². The fourth-order valence-corrected chi connectivity index (χ4v) is 1.87. The van der Waals surface area contributed by atoms with Gasteiger partial charge in [-0.15, -0.1) is 0 Å². The van der Waals surface area contributed by atoms with E-state index in [0.717, 1.165) is 37.5 Å². The molecule has 0 radical (unpaired) electrons. The molecule has 0 aromatic rings. The van der Waals surface area contributed by atoms with E-state index in [0.29, 0.717) is 12.1 Å². The van der Waals surface area contributed by atoms with Crippen molar-refractivity contribution in [3.63, 3.8) is 0 Å². The lowest BCUT2D eigenvalue weighted by Crippen LogP contribution is -2.45. The highest BCUT2D eigenvalue weighted by Gasteiger charge is 2.19. The van der Waals surface area contributed by atoms with Crippen molar-refractivity contribution in [1.82, 2.24) is 10.6 Å². The second kappa shape index (κ2) is 6.19. The number of ether oxygens (including phenoxy) is 1. The molecule has 2 unspecified atom stereocenters. The summed E-state index contributed by atoms with van der Waals surface area (Å²) < 4.78 is 5.47. The summed E-state index contributed by atoms with van der Waals surface area (Å²) in [6.45, 7) is 6.03. The Kier molecular flexibility index (Phi) is 5.19. The highest BCUT2D eigenvalue weighted by Crippen LogP contribution is 2.12. The van der Waals surface area contributed by atoms with E-state index in [2.05, 4.69) is 24.5 Å². The first kappa shape index (κ1) is 11.7. The van der Waals surface area contributed by atoms with Crippen LogP contribution in [0.3, 0.4) is 0 Å². The Morgan fingerprint density at radius 2 is 2.36 bits per heavy atom. The van der Waals surface area contributed by atoms with Crippen molar-refractivity contribution in [2.75, 3.05) is 13.2 Å². The minimum atomic E-state index is 0.357. The molecule has 1 fully saturated rings. The van der Waals surface area contributed by atoms with Gasteiger partial charge < -0.3 is 15.4 Å². The summed E-state index contributed by atoms with van der Waals surface area (Å²) in [5.74, 6) is 0. The highest BCUT2D eigenvalue weighted by atomic mass is 32.1. The molecule has 14 heavy (non-hydrogen) atoms. The zero-order chi connectivity index (χ0) is 10.4. The predicted molar refractivity (Wildman–Crippen MR) is 62.5 cm³/mol. The van der Waals surface area contributed by atoms with Crippen LogP contribution in [0.2, 0.25) is 0 Å². The first-order valence-electron chi connectivity index (χ1n) is 5.38. The third kappa shape index (κ3) is 4.24. The van der Waals surface area contributed by atoms with Crippen LogP contribution in [-0.4, -0.2) is 30.4 Å². The van der Waals surface area contributed by atoms with Crippen LogP contribution in [0, 0.1) is 0 Å². The van der Waals surface area contributed by atoms with Gasteiger partial charge in [0.15, 0.2) is 5.11 Å². The van der Waals surface area contributed by atoms with E-state index in [9.17, 15) is 0 Å². The van der Waals surface area contributed by atoms with Gasteiger partial charge in [0.05, 0.1) is 6.10 Å². The minimum Gasteiger partial charge on any atom is -0.378 e. The van der Waals surface area contributed by atoms with E-state index in [-0.39, 0.29) is 0 Å². The summed E-state index contributed by atoms with van der Waals surface area (Å²) in [6, 6.07) is 0.482. The molecule has 0 bridgehead atoms. The van der Waals surface area contributed by atoms with Crippen molar-refractivity contribution in [2.24, 2.45) is 0 Å². The van der Waals surface area contributed by atoms with Crippen molar-refractivity contribution < 1.29 is 4.74 Å². The number of hydrogen-bond donors (Lipinski definition) is 2. The van der Waals surface area contributed by atoms with Gasteiger partial charge in [-0.1, -0.05) is 6.92 Å². The Hall–Kier alpha value is -0.350. The molecule has 1 aliphatic rings. The molecule has 1 heterocycles. The van der Waals surface area contributed by atoms with Crippen LogP contribution in [0.4, 0.5) is 0 Å². The van der Waals surface area contributed by atoms with Gasteiger partial charge in [-0.05, 0) is 38.4 Å². The third-order valence-electron chi connectivity index (χ3n) is 2.36. The Labute approximate surface area is 91.6 Å². The van der Waals surface area contributed by atoms with Crippen molar-refractivity contribution >= 4 is 17.3 Å². The van der Waals surface area contributed by atoms with E-state index in [1.165, 1.54) is 0 Å². The molecule has 0 saturated carbocycles. The second-order valence-corrected chi connectivity index (χ2v) is 4.21. The average molecular weight is 216 g/mol. The second-order valence-electron chi connectivity index (χ2n) is 3.80. The SMILES string of the molecule is CCCNC(=S)NC1CCOC(C)C1. The van der Waals surface area contributed by atoms with Crippen molar-refractivity contribution in [1.29, 1.82) is 0 Å². The van der Waals surface area contributed by atoms with Crippen molar-refractivity contribution in [2.45, 2.75) is 45.3 Å². The summed E-state index contributed by atoms with van der Waals surface area (Å²) in [7, 11) is 0. The molecule has 2 N–H and O–H groups in total. The molecule has 0 aliphatic carbocycles. The molecule has 0 aromatic carbocycles. The smallest absolute Gasteiger partial charge is 0.166 e. The number of nitrogens with one attached hydrogen (secondary N) is 2. The molecule has 1 rings (SSSR count). The summed E-state index contributed by atoms with van der Waals surface area (Å²) in [5.41, 5.74) is 0. The van der Waals surface area contributed by atoms with Crippen LogP contribution >= 0.6 is 12.2 Å². The molecular weight excluding hydrogens is 196 g/mol. The van der Waals surface area contributed by atoms with Gasteiger partial charge in [-0.25, -0.2) is 0 Å². The average Bonchev–Trinajstić information content (AvgIpc) is 2.15. The zero-order valence-electron chi connectivity index (χ0n) is 9.01. The van der Waals surface area contributed by atoms with E-state index in [4.69, 9.17) is 17.0 Å². The summed E-state index contributed by atoms with van der Waals surface area (Å²) in [5, 5.41) is 7.28. The molecule has 1 saturated heterocycles. The van der Waals surface area contributed by atoms with Gasteiger partial charge in [0.1, 0.15) is 0 Å². The third-order valence-corrected chi connectivity index (χ3v) is 2.62. The lowest BCUT2D eigenvalue weighted by molar-refractivity contribution is 0.0166. The monoisotopic (exact) mass is 216 g/mol. The van der Waals surface area contributed by atoms with Crippen LogP contribution < -0.4 is 10.6 Å². The topological polar surface area (TPSA) is 33.3 Å². The van der Waals surface area contributed by atoms with Gasteiger partial charge >= 0.3 is 0 Å². The molecule has 0 aromatic heterocycles. The Morgan fingerprint density at radius 3 is 3.00 bits per heavy atom. The maximum Gasteiger partial charge on any atom is 0.166 e. The molecule has 82 valence electrons. The molecular formula is C10H20N2OS. The normalized spacial score (nSPS) is 27.0. The number of rotatable bonds is 3. The van der Waals surface area contributed by atoms with Gasteiger partial charge in [-0.2, -0.15) is 0 Å². The van der Waals surface area contributed by atoms with Crippen LogP contribution in [0.25, 0.3) is 0 Å². The van der Waals surface area contributed by atoms with Crippen LogP contribution in [0.5, 0.6) is 0 Å². The zero-order valence-corrected chi connectivity index (χ0v) is 9.82. The molecule has 0 spiro atoms. The maximum atomic E-state index is 5.47. The van der Waals surface area contributed by atoms with E-state index in [1.807, 2.05) is 0 Å². The summed E-state index contributed by atoms with van der Waals surface area (Å²) in [6.07, 6.45) is 3.56. The van der Waals surface area contributed by atoms with E-state index >= 15 is 0 Å².